The third kappa shape index (κ3) is 11.3. The van der Waals surface area contributed by atoms with E-state index in [1.54, 1.807) is 6.92 Å². The lowest BCUT2D eigenvalue weighted by Gasteiger charge is -2.36. The molecular weight excluding hydrogens is 384 g/mol. The summed E-state index contributed by atoms with van der Waals surface area (Å²) in [5, 5.41) is 3.30. The number of nitrogens with one attached hydrogen (secondary N) is 1. The molecule has 1 unspecified atom stereocenters. The molecule has 1 amide bonds. The maximum atomic E-state index is 12.6. The molecule has 0 aromatic rings. The molecular formula is C27H50N2O2. The number of unbranched alkanes of at least 4 members (excludes halogenated alkanes) is 1. The predicted molar refractivity (Wildman–Crippen MR) is 132 cm³/mol. The van der Waals surface area contributed by atoms with Gasteiger partial charge in [0, 0.05) is 31.5 Å². The smallest absolute Gasteiger partial charge is 0.225 e. The molecule has 4 nitrogen and oxygen atoms in total. The third-order valence-electron chi connectivity index (χ3n) is 7.11. The molecule has 1 saturated heterocycles. The van der Waals surface area contributed by atoms with Crippen LogP contribution >= 0.6 is 0 Å². The lowest BCUT2D eigenvalue weighted by atomic mass is 9.79. The van der Waals surface area contributed by atoms with Gasteiger partial charge in [-0.1, -0.05) is 52.5 Å². The average Bonchev–Trinajstić information content (AvgIpc) is 2.78. The van der Waals surface area contributed by atoms with Crippen molar-refractivity contribution >= 4 is 11.7 Å². The number of carbonyl (C=O) groups excluding carboxylic acids is 2. The van der Waals surface area contributed by atoms with Gasteiger partial charge in [-0.15, -0.1) is 6.58 Å². The van der Waals surface area contributed by atoms with E-state index < -0.39 is 0 Å². The highest BCUT2D eigenvalue weighted by Crippen LogP contribution is 2.32. The highest BCUT2D eigenvalue weighted by molar-refractivity contribution is 5.81. The second-order valence-electron chi connectivity index (χ2n) is 9.91. The molecule has 0 aromatic heterocycles. The van der Waals surface area contributed by atoms with Crippen molar-refractivity contribution in [3.05, 3.63) is 12.7 Å². The number of ketones is 1. The Morgan fingerprint density at radius 1 is 1.03 bits per heavy atom. The Kier molecular flexibility index (Phi) is 14.8. The number of carbonyl (C=O) groups is 2. The van der Waals surface area contributed by atoms with Crippen molar-refractivity contribution in [3.63, 3.8) is 0 Å². The van der Waals surface area contributed by atoms with Crippen LogP contribution in [-0.4, -0.2) is 42.8 Å². The van der Waals surface area contributed by atoms with Crippen molar-refractivity contribution in [2.24, 2.45) is 23.7 Å². The molecule has 1 N–H and O–H groups in total. The first kappa shape index (κ1) is 27.9. The Balaban J connectivity index is 0.000000407. The van der Waals surface area contributed by atoms with Crippen LogP contribution in [-0.2, 0) is 9.59 Å². The molecule has 2 fully saturated rings. The van der Waals surface area contributed by atoms with E-state index in [2.05, 4.69) is 37.6 Å². The van der Waals surface area contributed by atoms with E-state index in [9.17, 15) is 9.59 Å². The molecule has 1 saturated carbocycles. The predicted octanol–water partition coefficient (Wildman–Crippen LogP) is 6.01. The molecule has 31 heavy (non-hydrogen) atoms. The van der Waals surface area contributed by atoms with Crippen LogP contribution in [0.1, 0.15) is 98.3 Å². The molecule has 2 aliphatic rings. The van der Waals surface area contributed by atoms with E-state index in [1.807, 2.05) is 6.08 Å². The van der Waals surface area contributed by atoms with Gasteiger partial charge in [-0.3, -0.25) is 9.59 Å². The Hall–Kier alpha value is -1.16. The van der Waals surface area contributed by atoms with Crippen LogP contribution in [0.3, 0.4) is 0 Å². The minimum Gasteiger partial charge on any atom is -0.342 e. The summed E-state index contributed by atoms with van der Waals surface area (Å²) in [6.07, 6.45) is 14.5. The molecule has 1 aliphatic heterocycles. The van der Waals surface area contributed by atoms with E-state index >= 15 is 0 Å². The largest absolute Gasteiger partial charge is 0.342 e. The van der Waals surface area contributed by atoms with Gasteiger partial charge in [0.15, 0.2) is 0 Å². The molecule has 1 atom stereocenters. The first-order valence-electron chi connectivity index (χ1n) is 13.0. The minimum atomic E-state index is 0.188. The molecule has 0 aromatic carbocycles. The number of piperidine rings is 1. The van der Waals surface area contributed by atoms with E-state index in [4.69, 9.17) is 0 Å². The summed E-state index contributed by atoms with van der Waals surface area (Å²) in [6, 6.07) is 0. The Bertz CT molecular complexity index is 503. The number of rotatable bonds is 11. The van der Waals surface area contributed by atoms with E-state index in [0.717, 1.165) is 63.7 Å². The van der Waals surface area contributed by atoms with Crippen LogP contribution in [0.15, 0.2) is 12.7 Å². The molecule has 2 rings (SSSR count). The average molecular weight is 435 g/mol. The van der Waals surface area contributed by atoms with Gasteiger partial charge in [0.05, 0.1) is 0 Å². The van der Waals surface area contributed by atoms with Crippen LogP contribution in [0.4, 0.5) is 0 Å². The summed E-state index contributed by atoms with van der Waals surface area (Å²) in [4.78, 5) is 26.1. The first-order valence-corrected chi connectivity index (χ1v) is 13.0. The van der Waals surface area contributed by atoms with Crippen LogP contribution in [0, 0.1) is 23.7 Å². The SMILES string of the molecule is C=CCNCC(C)CCC.CCCCC1CCN(C(=O)C2CCC(C(C)=O)CC2)CC1. The van der Waals surface area contributed by atoms with Crippen LogP contribution < -0.4 is 5.32 Å². The van der Waals surface area contributed by atoms with Gasteiger partial charge < -0.3 is 10.2 Å². The molecule has 4 heteroatoms. The highest BCUT2D eigenvalue weighted by atomic mass is 16.2. The standard InChI is InChI=1S/C18H31NO2.C9H19N/c1-3-4-5-15-10-12-19(13-11-15)18(21)17-8-6-16(7-9-17)14(2)20;1-4-6-9(3)8-10-7-5-2/h15-17H,3-13H2,1-2H3;5,9-10H,2,4,6-8H2,1,3H3. The summed E-state index contributed by atoms with van der Waals surface area (Å²) in [7, 11) is 0. The number of hydrogen-bond acceptors (Lipinski definition) is 3. The van der Waals surface area contributed by atoms with Crippen molar-refractivity contribution in [3.8, 4) is 0 Å². The fourth-order valence-corrected chi connectivity index (χ4v) is 4.97. The maximum Gasteiger partial charge on any atom is 0.225 e. The van der Waals surface area contributed by atoms with Crippen LogP contribution in [0.25, 0.3) is 0 Å². The second kappa shape index (κ2) is 16.5. The van der Waals surface area contributed by atoms with Gasteiger partial charge in [0.1, 0.15) is 5.78 Å². The summed E-state index contributed by atoms with van der Waals surface area (Å²) in [6.45, 7) is 16.1. The second-order valence-corrected chi connectivity index (χ2v) is 9.91. The van der Waals surface area contributed by atoms with Crippen molar-refractivity contribution in [2.45, 2.75) is 98.3 Å². The number of Topliss-reactive ketones (excluding diaryl/α,β-unsaturated/α-hetero) is 1. The van der Waals surface area contributed by atoms with Crippen molar-refractivity contribution in [1.82, 2.24) is 10.2 Å². The van der Waals surface area contributed by atoms with Crippen LogP contribution in [0.5, 0.6) is 0 Å². The third-order valence-corrected chi connectivity index (χ3v) is 7.11. The first-order chi connectivity index (χ1) is 14.9. The lowest BCUT2D eigenvalue weighted by Crippen LogP contribution is -2.42. The van der Waals surface area contributed by atoms with Gasteiger partial charge in [0.25, 0.3) is 0 Å². The zero-order valence-electron chi connectivity index (χ0n) is 21.0. The van der Waals surface area contributed by atoms with E-state index in [1.165, 1.54) is 44.9 Å². The molecule has 0 bridgehead atoms. The molecule has 0 radical (unpaired) electrons. The summed E-state index contributed by atoms with van der Waals surface area (Å²) in [5.74, 6) is 2.72. The normalized spacial score (nSPS) is 22.9. The van der Waals surface area contributed by atoms with Gasteiger partial charge in [-0.05, 0) is 70.3 Å². The number of hydrogen-bond donors (Lipinski definition) is 1. The zero-order valence-corrected chi connectivity index (χ0v) is 21.0. The summed E-state index contributed by atoms with van der Waals surface area (Å²) < 4.78 is 0. The molecule has 180 valence electrons. The quantitative estimate of drug-likeness (QED) is 0.320. The fourth-order valence-electron chi connectivity index (χ4n) is 4.97. The fraction of sp³-hybridized carbons (Fsp3) is 0.852. The summed E-state index contributed by atoms with van der Waals surface area (Å²) >= 11 is 0. The number of amides is 1. The van der Waals surface area contributed by atoms with Crippen molar-refractivity contribution in [2.75, 3.05) is 26.2 Å². The topological polar surface area (TPSA) is 49.4 Å². The monoisotopic (exact) mass is 434 g/mol. The minimum absolute atomic E-state index is 0.188. The van der Waals surface area contributed by atoms with E-state index in [-0.39, 0.29) is 11.8 Å². The highest BCUT2D eigenvalue weighted by Gasteiger charge is 2.32. The maximum absolute atomic E-state index is 12.6. The Labute approximate surface area is 192 Å². The van der Waals surface area contributed by atoms with Gasteiger partial charge >= 0.3 is 0 Å². The summed E-state index contributed by atoms with van der Waals surface area (Å²) in [5.41, 5.74) is 0. The molecule has 1 aliphatic carbocycles. The lowest BCUT2D eigenvalue weighted by molar-refractivity contribution is -0.139. The van der Waals surface area contributed by atoms with Crippen molar-refractivity contribution in [1.29, 1.82) is 0 Å². The molecule has 1 heterocycles. The van der Waals surface area contributed by atoms with Gasteiger partial charge in [0.2, 0.25) is 5.91 Å². The van der Waals surface area contributed by atoms with Gasteiger partial charge in [-0.25, -0.2) is 0 Å². The Morgan fingerprint density at radius 2 is 1.65 bits per heavy atom. The Morgan fingerprint density at radius 3 is 2.16 bits per heavy atom. The number of nitrogens with zero attached hydrogens (tertiary/aromatic N) is 1. The zero-order chi connectivity index (χ0) is 23.1. The molecule has 0 spiro atoms. The van der Waals surface area contributed by atoms with Crippen molar-refractivity contribution < 1.29 is 9.59 Å². The van der Waals surface area contributed by atoms with E-state index in [0.29, 0.717) is 11.7 Å². The number of likely N-dealkylation sites (tertiary alicyclic amines) is 1. The van der Waals surface area contributed by atoms with Crippen LogP contribution in [0.2, 0.25) is 0 Å². The van der Waals surface area contributed by atoms with Gasteiger partial charge in [-0.2, -0.15) is 0 Å².